The van der Waals surface area contributed by atoms with Crippen molar-refractivity contribution in [2.75, 3.05) is 13.2 Å². The molecule has 1 aliphatic rings. The minimum Gasteiger partial charge on any atom is -0.478 e. The van der Waals surface area contributed by atoms with E-state index in [1.807, 2.05) is 0 Å². The number of rotatable bonds is 1. The van der Waals surface area contributed by atoms with E-state index >= 15 is 0 Å². The van der Waals surface area contributed by atoms with Crippen molar-refractivity contribution in [3.63, 3.8) is 0 Å². The number of carbonyl (C=O) groups is 1. The molecule has 0 amide bonds. The van der Waals surface area contributed by atoms with Gasteiger partial charge in [-0.15, -0.1) is 0 Å². The Hall–Kier alpha value is -0.830. The second-order valence-corrected chi connectivity index (χ2v) is 2.16. The first kappa shape index (κ1) is 10.2. The van der Waals surface area contributed by atoms with Crippen molar-refractivity contribution in [1.29, 1.82) is 0 Å². The lowest BCUT2D eigenvalue weighted by atomic mass is 10.4. The molecule has 0 saturated carbocycles. The van der Waals surface area contributed by atoms with Crippen LogP contribution in [-0.2, 0) is 9.53 Å². The predicted octanol–water partition coefficient (Wildman–Crippen LogP) is 1.44. The fourth-order valence-corrected chi connectivity index (χ4v) is 0.653. The van der Waals surface area contributed by atoms with Gasteiger partial charge in [-0.25, -0.2) is 4.79 Å². The highest BCUT2D eigenvalue weighted by atomic mass is 16.5. The molecule has 1 N–H and O–H groups in total. The highest BCUT2D eigenvalue weighted by Gasteiger charge is 1.94. The summed E-state index contributed by atoms with van der Waals surface area (Å²) >= 11 is 0. The maximum Gasteiger partial charge on any atom is 0.327 e. The van der Waals surface area contributed by atoms with Crippen LogP contribution in [0.25, 0.3) is 0 Å². The molecule has 0 radical (unpaired) electrons. The summed E-state index contributed by atoms with van der Waals surface area (Å²) in [6.07, 6.45) is 5.11. The largest absolute Gasteiger partial charge is 0.478 e. The van der Waals surface area contributed by atoms with Gasteiger partial charge >= 0.3 is 5.97 Å². The molecule has 1 aliphatic heterocycles. The molecule has 0 aliphatic carbocycles. The first-order valence-electron chi connectivity index (χ1n) is 3.70. The monoisotopic (exact) mass is 158 g/mol. The predicted molar refractivity (Wildman–Crippen MR) is 42.5 cm³/mol. The van der Waals surface area contributed by atoms with Crippen molar-refractivity contribution < 1.29 is 14.6 Å². The van der Waals surface area contributed by atoms with Crippen molar-refractivity contribution in [1.82, 2.24) is 0 Å². The summed E-state index contributed by atoms with van der Waals surface area (Å²) in [6, 6.07) is 0. The Kier molecular flexibility index (Phi) is 6.73. The summed E-state index contributed by atoms with van der Waals surface area (Å²) in [6.45, 7) is 3.66. The van der Waals surface area contributed by atoms with E-state index in [2.05, 4.69) is 0 Å². The number of ether oxygens (including phenoxy) is 1. The molecule has 0 unspecified atom stereocenters. The Morgan fingerprint density at radius 1 is 1.45 bits per heavy atom. The second kappa shape index (κ2) is 7.28. The Balaban J connectivity index is 0.000000183. The standard InChI is InChI=1S/C4H6O2.C4H8O/c1-2-3-4(5)6;1-2-4-5-3-1/h2-3H,1H3,(H,5,6);1-4H2. The Bertz CT molecular complexity index is 118. The van der Waals surface area contributed by atoms with Gasteiger partial charge < -0.3 is 9.84 Å². The fourth-order valence-electron chi connectivity index (χ4n) is 0.653. The van der Waals surface area contributed by atoms with Crippen molar-refractivity contribution in [3.8, 4) is 0 Å². The molecule has 11 heavy (non-hydrogen) atoms. The number of hydrogen-bond acceptors (Lipinski definition) is 2. The normalized spacial score (nSPS) is 16.1. The van der Waals surface area contributed by atoms with Crippen LogP contribution in [0.15, 0.2) is 12.2 Å². The molecule has 0 aromatic rings. The number of carboxylic acids is 1. The van der Waals surface area contributed by atoms with Crippen LogP contribution in [-0.4, -0.2) is 24.3 Å². The SMILES string of the molecule is C1CCOC1.CC=CC(=O)O. The maximum atomic E-state index is 9.51. The summed E-state index contributed by atoms with van der Waals surface area (Å²) in [7, 11) is 0. The van der Waals surface area contributed by atoms with Gasteiger partial charge in [0.15, 0.2) is 0 Å². The van der Waals surface area contributed by atoms with E-state index < -0.39 is 5.97 Å². The van der Waals surface area contributed by atoms with Crippen LogP contribution in [0, 0.1) is 0 Å². The van der Waals surface area contributed by atoms with E-state index in [1.165, 1.54) is 18.9 Å². The number of aliphatic carboxylic acids is 1. The van der Waals surface area contributed by atoms with Crippen LogP contribution in [0.4, 0.5) is 0 Å². The van der Waals surface area contributed by atoms with E-state index in [0.29, 0.717) is 0 Å². The highest BCUT2D eigenvalue weighted by Crippen LogP contribution is 1.98. The minimum absolute atomic E-state index is 0.891. The molecule has 1 saturated heterocycles. The van der Waals surface area contributed by atoms with Gasteiger partial charge in [0.05, 0.1) is 0 Å². The molecule has 1 heterocycles. The van der Waals surface area contributed by atoms with Crippen LogP contribution < -0.4 is 0 Å². The molecular formula is C8H14O3. The molecule has 64 valence electrons. The second-order valence-electron chi connectivity index (χ2n) is 2.16. The molecule has 0 aromatic heterocycles. The number of hydrogen-bond donors (Lipinski definition) is 1. The lowest BCUT2D eigenvalue weighted by Crippen LogP contribution is -1.83. The third kappa shape index (κ3) is 9.17. The molecule has 0 aromatic carbocycles. The summed E-state index contributed by atoms with van der Waals surface area (Å²) < 4.78 is 4.94. The first-order valence-corrected chi connectivity index (χ1v) is 3.70. The summed E-state index contributed by atoms with van der Waals surface area (Å²) in [4.78, 5) is 9.51. The van der Waals surface area contributed by atoms with Crippen LogP contribution in [0.5, 0.6) is 0 Å². The van der Waals surface area contributed by atoms with Crippen LogP contribution in [0.1, 0.15) is 19.8 Å². The average Bonchev–Trinajstić information content (AvgIpc) is 2.41. The third-order valence-electron chi connectivity index (χ3n) is 1.14. The number of carboxylic acid groups (broad SMARTS) is 1. The van der Waals surface area contributed by atoms with Gasteiger partial charge in [0, 0.05) is 19.3 Å². The molecule has 1 fully saturated rings. The smallest absolute Gasteiger partial charge is 0.327 e. The number of allylic oxidation sites excluding steroid dienone is 1. The third-order valence-corrected chi connectivity index (χ3v) is 1.14. The molecule has 0 atom stereocenters. The van der Waals surface area contributed by atoms with Gasteiger partial charge in [-0.2, -0.15) is 0 Å². The molecule has 3 nitrogen and oxygen atoms in total. The van der Waals surface area contributed by atoms with Crippen LogP contribution >= 0.6 is 0 Å². The lowest BCUT2D eigenvalue weighted by Gasteiger charge is -1.76. The molecule has 0 spiro atoms. The average molecular weight is 158 g/mol. The van der Waals surface area contributed by atoms with E-state index in [4.69, 9.17) is 9.84 Å². The highest BCUT2D eigenvalue weighted by molar-refractivity contribution is 5.79. The summed E-state index contributed by atoms with van der Waals surface area (Å²) in [5.74, 6) is -0.891. The van der Waals surface area contributed by atoms with Crippen molar-refractivity contribution in [2.45, 2.75) is 19.8 Å². The van der Waals surface area contributed by atoms with E-state index in [9.17, 15) is 4.79 Å². The Morgan fingerprint density at radius 2 is 2.00 bits per heavy atom. The lowest BCUT2D eigenvalue weighted by molar-refractivity contribution is -0.131. The topological polar surface area (TPSA) is 46.5 Å². The maximum absolute atomic E-state index is 9.51. The van der Waals surface area contributed by atoms with Gasteiger partial charge in [0.1, 0.15) is 0 Å². The van der Waals surface area contributed by atoms with E-state index in [-0.39, 0.29) is 0 Å². The minimum atomic E-state index is -0.891. The molecule has 1 rings (SSSR count). The summed E-state index contributed by atoms with van der Waals surface area (Å²) in [5.41, 5.74) is 0. The first-order chi connectivity index (χ1) is 5.27. The van der Waals surface area contributed by atoms with Gasteiger partial charge in [-0.05, 0) is 19.8 Å². The van der Waals surface area contributed by atoms with Crippen LogP contribution in [0.3, 0.4) is 0 Å². The Labute approximate surface area is 66.7 Å². The van der Waals surface area contributed by atoms with E-state index in [0.717, 1.165) is 19.3 Å². The molecular weight excluding hydrogens is 144 g/mol. The van der Waals surface area contributed by atoms with E-state index in [1.54, 1.807) is 6.92 Å². The Morgan fingerprint density at radius 3 is 2.09 bits per heavy atom. The van der Waals surface area contributed by atoms with Gasteiger partial charge in [0.25, 0.3) is 0 Å². The zero-order valence-corrected chi connectivity index (χ0v) is 6.75. The zero-order chi connectivity index (χ0) is 8.53. The van der Waals surface area contributed by atoms with Gasteiger partial charge in [0.2, 0.25) is 0 Å². The van der Waals surface area contributed by atoms with Crippen molar-refractivity contribution in [2.24, 2.45) is 0 Å². The van der Waals surface area contributed by atoms with Crippen LogP contribution in [0.2, 0.25) is 0 Å². The summed E-state index contributed by atoms with van der Waals surface area (Å²) in [5, 5.41) is 7.83. The van der Waals surface area contributed by atoms with Gasteiger partial charge in [-0.3, -0.25) is 0 Å². The fraction of sp³-hybridized carbons (Fsp3) is 0.625. The van der Waals surface area contributed by atoms with Crippen molar-refractivity contribution in [3.05, 3.63) is 12.2 Å². The van der Waals surface area contributed by atoms with Crippen molar-refractivity contribution >= 4 is 5.97 Å². The zero-order valence-electron chi connectivity index (χ0n) is 6.75. The molecule has 0 bridgehead atoms. The quantitative estimate of drug-likeness (QED) is 0.587. The molecule has 3 heteroatoms. The van der Waals surface area contributed by atoms with Gasteiger partial charge in [-0.1, -0.05) is 6.08 Å².